The van der Waals surface area contributed by atoms with E-state index >= 15 is 0 Å². The van der Waals surface area contributed by atoms with Gasteiger partial charge in [0.05, 0.1) is 11.0 Å². The van der Waals surface area contributed by atoms with E-state index in [9.17, 15) is 0 Å². The summed E-state index contributed by atoms with van der Waals surface area (Å²) in [6, 6.07) is 51.9. The Morgan fingerprint density at radius 3 is 1.97 bits per heavy atom. The lowest BCUT2D eigenvalue weighted by Crippen LogP contribution is -2.60. The summed E-state index contributed by atoms with van der Waals surface area (Å²) in [6.07, 6.45) is 0. The number of rotatable bonds is 1. The topological polar surface area (TPSA) is 34.5 Å². The summed E-state index contributed by atoms with van der Waals surface area (Å²) >= 11 is 1.88. The Kier molecular flexibility index (Phi) is 5.92. The zero-order valence-corrected chi connectivity index (χ0v) is 33.8. The number of nitrogens with zero attached hydrogens (tertiary/aromatic N) is 2. The van der Waals surface area contributed by atoms with E-state index < -0.39 is 0 Å². The average molecular weight is 775 g/mol. The number of aryl methyl sites for hydroxylation is 1. The lowest BCUT2D eigenvalue weighted by molar-refractivity contribution is 0.590. The van der Waals surface area contributed by atoms with Gasteiger partial charge in [-0.15, -0.1) is 11.3 Å². The molecule has 278 valence electrons. The highest BCUT2D eigenvalue weighted by molar-refractivity contribution is 7.26. The van der Waals surface area contributed by atoms with Crippen molar-refractivity contribution in [3.63, 3.8) is 0 Å². The minimum absolute atomic E-state index is 0.0313. The highest BCUT2D eigenvalue weighted by Gasteiger charge is 2.45. The molecule has 12 aromatic rings. The number of furan rings is 2. The second kappa shape index (κ2) is 10.8. The van der Waals surface area contributed by atoms with Gasteiger partial charge < -0.3 is 18.2 Å². The SMILES string of the molecule is Cc1cc2c3c4c1c1cc5c(cc1n4-c1cc4sc6ccccc6c4cc1B3N(c1ccc(C(C)(C)C)cc1)c1cc3oc4ccccc4c3cc1-2)oc1ccccc15. The van der Waals surface area contributed by atoms with Crippen LogP contribution >= 0.6 is 11.3 Å². The van der Waals surface area contributed by atoms with Crippen LogP contribution in [-0.2, 0) is 5.41 Å². The van der Waals surface area contributed by atoms with E-state index in [4.69, 9.17) is 8.83 Å². The van der Waals surface area contributed by atoms with Gasteiger partial charge >= 0.3 is 6.85 Å². The van der Waals surface area contributed by atoms with Crippen molar-refractivity contribution in [1.82, 2.24) is 4.57 Å². The summed E-state index contributed by atoms with van der Waals surface area (Å²) in [5, 5.41) is 9.75. The van der Waals surface area contributed by atoms with Crippen LogP contribution in [0.15, 0.2) is 148 Å². The first-order valence-electron chi connectivity index (χ1n) is 20.5. The molecule has 14 rings (SSSR count). The van der Waals surface area contributed by atoms with Gasteiger partial charge in [0.15, 0.2) is 0 Å². The minimum atomic E-state index is -0.110. The summed E-state index contributed by atoms with van der Waals surface area (Å²) in [5.74, 6) is 0. The number of hydrogen-bond acceptors (Lipinski definition) is 4. The lowest BCUT2D eigenvalue weighted by atomic mass is 9.43. The highest BCUT2D eigenvalue weighted by atomic mass is 32.1. The molecule has 0 spiro atoms. The molecular formula is C53H35BN2O2S. The molecule has 0 saturated heterocycles. The predicted molar refractivity (Wildman–Crippen MR) is 251 cm³/mol. The van der Waals surface area contributed by atoms with E-state index in [-0.39, 0.29) is 12.3 Å². The van der Waals surface area contributed by atoms with E-state index in [1.165, 1.54) is 80.8 Å². The zero-order chi connectivity index (χ0) is 39.1. The Morgan fingerprint density at radius 2 is 1.22 bits per heavy atom. The Morgan fingerprint density at radius 1 is 0.542 bits per heavy atom. The van der Waals surface area contributed by atoms with Crippen LogP contribution < -0.4 is 15.7 Å². The summed E-state index contributed by atoms with van der Waals surface area (Å²) in [7, 11) is 0. The number of benzene rings is 8. The van der Waals surface area contributed by atoms with Crippen LogP contribution in [0, 0.1) is 6.92 Å². The molecule has 0 radical (unpaired) electrons. The lowest BCUT2D eigenvalue weighted by Gasteiger charge is -2.42. The van der Waals surface area contributed by atoms with Gasteiger partial charge in [-0.1, -0.05) is 99.6 Å². The molecule has 2 aliphatic heterocycles. The summed E-state index contributed by atoms with van der Waals surface area (Å²) in [6.45, 7) is 9.06. The van der Waals surface area contributed by atoms with Crippen LogP contribution in [0.25, 0.3) is 103 Å². The molecule has 0 amide bonds. The van der Waals surface area contributed by atoms with Gasteiger partial charge in [-0.2, -0.15) is 0 Å². The highest BCUT2D eigenvalue weighted by Crippen LogP contribution is 2.50. The molecule has 4 nitrogen and oxygen atoms in total. The molecule has 59 heavy (non-hydrogen) atoms. The second-order valence-corrected chi connectivity index (χ2v) is 18.8. The number of thiophene rings is 1. The molecule has 0 N–H and O–H groups in total. The molecule has 4 aromatic heterocycles. The number of fused-ring (bicyclic) bond motifs is 17. The van der Waals surface area contributed by atoms with Crippen LogP contribution in [0.4, 0.5) is 11.4 Å². The first kappa shape index (κ1) is 32.2. The van der Waals surface area contributed by atoms with Crippen LogP contribution in [0.2, 0.25) is 0 Å². The molecule has 0 aliphatic carbocycles. The standard InChI is InChI=1S/C53H35BN2O2S/c1-28-21-38-34-22-35-31-11-5-8-14-44(31)58-47(35)26-42(34)56(30-19-17-29(18-20-30)53(2,3)4)54-40-24-37-33-13-7-10-16-48(33)59-49(37)27-43(40)55-41-25-46-36(32-12-6-9-15-45(32)57-46)23-39(41)50(28)52(55)51(38)54/h5-27H,1-4H3. The number of anilines is 2. The fraction of sp³-hybridized carbons (Fsp3) is 0.0943. The maximum atomic E-state index is 6.66. The molecular weight excluding hydrogens is 739 g/mol. The van der Waals surface area contributed by atoms with Crippen LogP contribution in [-0.4, -0.2) is 11.4 Å². The van der Waals surface area contributed by atoms with Crippen LogP contribution in [0.1, 0.15) is 31.9 Å². The average Bonchev–Trinajstić information content (AvgIpc) is 3.99. The van der Waals surface area contributed by atoms with Crippen molar-refractivity contribution in [2.24, 2.45) is 0 Å². The second-order valence-electron chi connectivity index (χ2n) is 17.7. The normalized spacial score (nSPS) is 13.7. The third-order valence-corrected chi connectivity index (χ3v) is 14.5. The summed E-state index contributed by atoms with van der Waals surface area (Å²) < 4.78 is 18.4. The molecule has 6 heteroatoms. The first-order chi connectivity index (χ1) is 28.8. The van der Waals surface area contributed by atoms with Crippen molar-refractivity contribution in [2.45, 2.75) is 33.1 Å². The summed E-state index contributed by atoms with van der Waals surface area (Å²) in [5.41, 5.74) is 17.4. The fourth-order valence-corrected chi connectivity index (χ4v) is 11.9. The smallest absolute Gasteiger partial charge is 0.333 e. The number of para-hydroxylation sites is 2. The maximum absolute atomic E-state index is 6.66. The Bertz CT molecular complexity index is 3850. The molecule has 0 bridgehead atoms. The van der Waals surface area contributed by atoms with Gasteiger partial charge in [0.25, 0.3) is 0 Å². The summed E-state index contributed by atoms with van der Waals surface area (Å²) in [4.78, 5) is 2.62. The minimum Gasteiger partial charge on any atom is -0.456 e. The van der Waals surface area contributed by atoms with Gasteiger partial charge in [0, 0.05) is 87.2 Å². The molecule has 2 aliphatic rings. The van der Waals surface area contributed by atoms with E-state index in [1.807, 2.05) is 11.3 Å². The van der Waals surface area contributed by atoms with Gasteiger partial charge in [0.2, 0.25) is 0 Å². The number of hydrogen-bond donors (Lipinski definition) is 0. The molecule has 0 saturated carbocycles. The molecule has 0 atom stereocenters. The van der Waals surface area contributed by atoms with Crippen molar-refractivity contribution in [3.8, 4) is 16.8 Å². The monoisotopic (exact) mass is 774 g/mol. The third kappa shape index (κ3) is 4.09. The number of aromatic nitrogens is 1. The predicted octanol–water partition coefficient (Wildman–Crippen LogP) is 13.8. The van der Waals surface area contributed by atoms with Crippen LogP contribution in [0.5, 0.6) is 0 Å². The van der Waals surface area contributed by atoms with Crippen LogP contribution in [0.3, 0.4) is 0 Å². The van der Waals surface area contributed by atoms with E-state index in [2.05, 4.69) is 177 Å². The van der Waals surface area contributed by atoms with Gasteiger partial charge in [0.1, 0.15) is 22.3 Å². The van der Waals surface area contributed by atoms with Crippen molar-refractivity contribution in [2.75, 3.05) is 4.81 Å². The van der Waals surface area contributed by atoms with E-state index in [0.29, 0.717) is 0 Å². The van der Waals surface area contributed by atoms with Crippen molar-refractivity contribution < 1.29 is 8.83 Å². The largest absolute Gasteiger partial charge is 0.456 e. The van der Waals surface area contributed by atoms with Gasteiger partial charge in [-0.25, -0.2) is 0 Å². The Hall–Kier alpha value is -6.76. The zero-order valence-electron chi connectivity index (χ0n) is 33.0. The van der Waals surface area contributed by atoms with Crippen molar-refractivity contribution >= 4 is 126 Å². The van der Waals surface area contributed by atoms with Crippen molar-refractivity contribution in [3.05, 3.63) is 151 Å². The molecule has 0 fully saturated rings. The fourth-order valence-electron chi connectivity index (χ4n) is 10.7. The quantitative estimate of drug-likeness (QED) is 0.156. The first-order valence-corrected chi connectivity index (χ1v) is 21.3. The molecule has 8 aromatic carbocycles. The van der Waals surface area contributed by atoms with Gasteiger partial charge in [-0.3, -0.25) is 0 Å². The van der Waals surface area contributed by atoms with Crippen molar-refractivity contribution in [1.29, 1.82) is 0 Å². The molecule has 0 unspecified atom stereocenters. The molecule has 6 heterocycles. The van der Waals surface area contributed by atoms with Gasteiger partial charge in [-0.05, 0) is 88.5 Å². The van der Waals surface area contributed by atoms with E-state index in [1.54, 1.807) is 0 Å². The van der Waals surface area contributed by atoms with E-state index in [0.717, 1.165) is 55.3 Å². The maximum Gasteiger partial charge on any atom is 0.333 e. The Balaban J connectivity index is 1.19. The third-order valence-electron chi connectivity index (χ3n) is 13.4. The Labute approximate surface area is 343 Å².